The van der Waals surface area contributed by atoms with Gasteiger partial charge in [0, 0.05) is 5.54 Å². The van der Waals surface area contributed by atoms with Crippen LogP contribution >= 0.6 is 22.9 Å². The van der Waals surface area contributed by atoms with Crippen LogP contribution in [0.4, 0.5) is 4.79 Å². The van der Waals surface area contributed by atoms with Crippen LogP contribution in [0.3, 0.4) is 0 Å². The van der Waals surface area contributed by atoms with Crippen molar-refractivity contribution in [1.82, 2.24) is 8.85 Å². The van der Waals surface area contributed by atoms with Gasteiger partial charge in [0.05, 0.1) is 29.0 Å². The molecule has 84 valence electrons. The predicted octanol–water partition coefficient (Wildman–Crippen LogP) is 1.82. The number of hydrogen-bond donors (Lipinski definition) is 3. The van der Waals surface area contributed by atoms with Crippen LogP contribution in [0.5, 0.6) is 0 Å². The molecule has 0 radical (unpaired) electrons. The van der Waals surface area contributed by atoms with Gasteiger partial charge in [-0.1, -0.05) is 6.92 Å². The molecule has 0 saturated heterocycles. The van der Waals surface area contributed by atoms with Gasteiger partial charge in [-0.15, -0.1) is 0 Å². The number of amides is 2. The molecule has 0 fully saturated rings. The third-order valence-corrected chi connectivity index (χ3v) is 2.94. The van der Waals surface area contributed by atoms with Crippen molar-refractivity contribution < 1.29 is 9.90 Å². The van der Waals surface area contributed by atoms with Crippen molar-refractivity contribution >= 4 is 28.9 Å². The van der Waals surface area contributed by atoms with Crippen LogP contribution < -0.4 is 8.85 Å². The minimum absolute atomic E-state index is 0.201. The first-order valence-corrected chi connectivity index (χ1v) is 5.74. The predicted molar refractivity (Wildman–Crippen MR) is 65.2 cm³/mol. The summed E-state index contributed by atoms with van der Waals surface area (Å²) in [4.78, 5) is 11.1. The standard InChI is InChI=1S/C9H19IN2O2/c1-6(5-7(2)13)9(3,4)11-8(14)12-10/h6-7,13H,5H2,1-4H3,(H2,11,12,14). The van der Waals surface area contributed by atoms with Crippen LogP contribution in [0.15, 0.2) is 0 Å². The summed E-state index contributed by atoms with van der Waals surface area (Å²) >= 11 is 1.79. The Kier molecular flexibility index (Phi) is 5.73. The highest BCUT2D eigenvalue weighted by Crippen LogP contribution is 2.21. The van der Waals surface area contributed by atoms with Gasteiger partial charge < -0.3 is 10.4 Å². The molecule has 0 aromatic rings. The Morgan fingerprint density at radius 2 is 2.00 bits per heavy atom. The minimum atomic E-state index is -0.339. The van der Waals surface area contributed by atoms with Gasteiger partial charge in [-0.2, -0.15) is 0 Å². The fraction of sp³-hybridized carbons (Fsp3) is 0.889. The molecule has 3 N–H and O–H groups in total. The number of nitrogens with one attached hydrogen (secondary N) is 2. The molecule has 0 aliphatic heterocycles. The lowest BCUT2D eigenvalue weighted by molar-refractivity contribution is 0.133. The number of rotatable bonds is 4. The maximum atomic E-state index is 11.1. The topological polar surface area (TPSA) is 61.4 Å². The molecule has 5 heteroatoms. The zero-order chi connectivity index (χ0) is 11.4. The molecule has 0 bridgehead atoms. The number of hydrogen-bond acceptors (Lipinski definition) is 2. The maximum absolute atomic E-state index is 11.1. The van der Waals surface area contributed by atoms with Gasteiger partial charge in [0.15, 0.2) is 0 Å². The zero-order valence-electron chi connectivity index (χ0n) is 9.10. The van der Waals surface area contributed by atoms with Crippen molar-refractivity contribution in [1.29, 1.82) is 0 Å². The van der Waals surface area contributed by atoms with Crippen molar-refractivity contribution in [2.75, 3.05) is 0 Å². The highest BCUT2D eigenvalue weighted by atomic mass is 127. The van der Waals surface area contributed by atoms with Gasteiger partial charge in [-0.05, 0) is 33.1 Å². The summed E-state index contributed by atoms with van der Waals surface area (Å²) in [5.41, 5.74) is -0.313. The Labute approximate surface area is 99.3 Å². The first-order valence-electron chi connectivity index (χ1n) is 4.66. The smallest absolute Gasteiger partial charge is 0.323 e. The van der Waals surface area contributed by atoms with E-state index in [1.165, 1.54) is 0 Å². The molecule has 0 spiro atoms. The van der Waals surface area contributed by atoms with Gasteiger partial charge in [0.25, 0.3) is 0 Å². The number of aliphatic hydroxyl groups excluding tert-OH is 1. The van der Waals surface area contributed by atoms with E-state index in [0.29, 0.717) is 6.42 Å². The summed E-state index contributed by atoms with van der Waals surface area (Å²) in [5.74, 6) is 0.219. The van der Waals surface area contributed by atoms with Crippen LogP contribution in [0.2, 0.25) is 0 Å². The Balaban J connectivity index is 4.22. The molecule has 0 aliphatic rings. The van der Waals surface area contributed by atoms with Gasteiger partial charge in [-0.25, -0.2) is 4.79 Å². The Morgan fingerprint density at radius 3 is 2.36 bits per heavy atom. The van der Waals surface area contributed by atoms with E-state index in [-0.39, 0.29) is 23.6 Å². The first-order chi connectivity index (χ1) is 6.29. The van der Waals surface area contributed by atoms with E-state index < -0.39 is 0 Å². The third-order valence-electron chi connectivity index (χ3n) is 2.45. The van der Waals surface area contributed by atoms with E-state index in [9.17, 15) is 9.90 Å². The van der Waals surface area contributed by atoms with Crippen molar-refractivity contribution in [2.45, 2.75) is 45.8 Å². The monoisotopic (exact) mass is 314 g/mol. The third kappa shape index (κ3) is 4.99. The van der Waals surface area contributed by atoms with Gasteiger partial charge in [0.1, 0.15) is 0 Å². The fourth-order valence-corrected chi connectivity index (χ4v) is 1.38. The molecular formula is C9H19IN2O2. The molecule has 2 amide bonds. The number of aliphatic hydroxyl groups is 1. The second-order valence-electron chi connectivity index (χ2n) is 4.26. The van der Waals surface area contributed by atoms with Crippen LogP contribution in [0.1, 0.15) is 34.1 Å². The Morgan fingerprint density at radius 1 is 1.50 bits per heavy atom. The largest absolute Gasteiger partial charge is 0.393 e. The maximum Gasteiger partial charge on any atom is 0.323 e. The van der Waals surface area contributed by atoms with Crippen LogP contribution in [-0.4, -0.2) is 22.8 Å². The summed E-state index contributed by atoms with van der Waals surface area (Å²) in [6.07, 6.45) is 0.336. The molecule has 14 heavy (non-hydrogen) atoms. The van der Waals surface area contributed by atoms with Gasteiger partial charge >= 0.3 is 6.03 Å². The first kappa shape index (κ1) is 14.0. The molecule has 0 rings (SSSR count). The van der Waals surface area contributed by atoms with E-state index in [2.05, 4.69) is 8.85 Å². The minimum Gasteiger partial charge on any atom is -0.393 e. The molecule has 4 nitrogen and oxygen atoms in total. The van der Waals surface area contributed by atoms with Crippen molar-refractivity contribution in [2.24, 2.45) is 5.92 Å². The molecular weight excluding hydrogens is 295 g/mol. The highest BCUT2D eigenvalue weighted by molar-refractivity contribution is 14.1. The van der Waals surface area contributed by atoms with Crippen LogP contribution in [0, 0.1) is 5.92 Å². The normalized spacial score (nSPS) is 15.9. The SMILES string of the molecule is CC(O)CC(C)C(C)(C)NC(=O)NI. The van der Waals surface area contributed by atoms with E-state index >= 15 is 0 Å². The molecule has 2 unspecified atom stereocenters. The molecule has 0 saturated carbocycles. The lowest BCUT2D eigenvalue weighted by Crippen LogP contribution is -2.50. The quantitative estimate of drug-likeness (QED) is 0.547. The average molecular weight is 314 g/mol. The van der Waals surface area contributed by atoms with E-state index in [1.807, 2.05) is 20.8 Å². The van der Waals surface area contributed by atoms with E-state index in [0.717, 1.165) is 0 Å². The van der Waals surface area contributed by atoms with Crippen molar-refractivity contribution in [3.63, 3.8) is 0 Å². The summed E-state index contributed by atoms with van der Waals surface area (Å²) in [6, 6.07) is -0.201. The Hall–Kier alpha value is -0.0400. The fourth-order valence-electron chi connectivity index (χ4n) is 1.25. The summed E-state index contributed by atoms with van der Waals surface area (Å²) in [6.45, 7) is 7.67. The summed E-state index contributed by atoms with van der Waals surface area (Å²) < 4.78 is 2.49. The average Bonchev–Trinajstić information content (AvgIpc) is 2.02. The van der Waals surface area contributed by atoms with E-state index in [1.54, 1.807) is 29.8 Å². The molecule has 0 heterocycles. The number of urea groups is 1. The number of carbonyl (C=O) groups excluding carboxylic acids is 1. The summed E-state index contributed by atoms with van der Waals surface area (Å²) in [7, 11) is 0. The van der Waals surface area contributed by atoms with Crippen LogP contribution in [-0.2, 0) is 0 Å². The van der Waals surface area contributed by atoms with Crippen LogP contribution in [0.25, 0.3) is 0 Å². The molecule has 0 aromatic carbocycles. The second-order valence-corrected chi connectivity index (χ2v) is 4.80. The number of carbonyl (C=O) groups is 1. The number of halogens is 1. The van der Waals surface area contributed by atoms with E-state index in [4.69, 9.17) is 0 Å². The summed E-state index contributed by atoms with van der Waals surface area (Å²) in [5, 5.41) is 12.1. The highest BCUT2D eigenvalue weighted by Gasteiger charge is 2.28. The molecule has 0 aliphatic carbocycles. The van der Waals surface area contributed by atoms with Gasteiger partial charge in [-0.3, -0.25) is 3.53 Å². The zero-order valence-corrected chi connectivity index (χ0v) is 11.3. The second kappa shape index (κ2) is 5.75. The van der Waals surface area contributed by atoms with Gasteiger partial charge in [0.2, 0.25) is 0 Å². The van der Waals surface area contributed by atoms with Crippen molar-refractivity contribution in [3.05, 3.63) is 0 Å². The lowest BCUT2D eigenvalue weighted by Gasteiger charge is -2.33. The Bertz CT molecular complexity index is 195. The van der Waals surface area contributed by atoms with Crippen molar-refractivity contribution in [3.8, 4) is 0 Å². The lowest BCUT2D eigenvalue weighted by atomic mass is 9.85. The molecule has 0 aromatic heterocycles. The molecule has 2 atom stereocenters.